The summed E-state index contributed by atoms with van der Waals surface area (Å²) in [5.74, 6) is -6.33. The molecule has 12 aromatic carbocycles. The molecule has 22 nitrogen and oxygen atoms in total. The number of hydrogen-bond acceptors (Lipinski definition) is 19. The Hall–Kier alpha value is -15.8. The lowest BCUT2D eigenvalue weighted by Crippen LogP contribution is -2.54. The number of nitrogens with zero attached hydrogens (tertiary/aromatic N) is 2. The summed E-state index contributed by atoms with van der Waals surface area (Å²) >= 11 is 0. The molecule has 0 saturated heterocycles. The first-order valence-electron chi connectivity index (χ1n) is 37.9. The van der Waals surface area contributed by atoms with Crippen LogP contribution in [0.4, 0.5) is 43.4 Å². The minimum Gasteiger partial charge on any atom is -0.478 e. The van der Waals surface area contributed by atoms with E-state index in [9.17, 15) is 84.2 Å². The summed E-state index contributed by atoms with van der Waals surface area (Å²) in [6.45, 7) is 5.41. The second-order valence-corrected chi connectivity index (χ2v) is 28.8. The van der Waals surface area contributed by atoms with Gasteiger partial charge in [-0.3, -0.25) is 33.7 Å². The number of esters is 4. The number of carboxylic acids is 1. The van der Waals surface area contributed by atoms with Crippen molar-refractivity contribution in [2.24, 2.45) is 0 Å². The maximum absolute atomic E-state index is 14.6. The fourth-order valence-electron chi connectivity index (χ4n) is 13.9. The summed E-state index contributed by atoms with van der Waals surface area (Å²) in [5, 5.41) is 9.53. The molecule has 4 aliphatic rings. The number of aromatic carboxylic acids is 1. The van der Waals surface area contributed by atoms with Crippen molar-refractivity contribution in [3.63, 3.8) is 0 Å². The molecule has 124 heavy (non-hydrogen) atoms. The van der Waals surface area contributed by atoms with Crippen molar-refractivity contribution in [3.8, 4) is 23.0 Å². The Balaban J connectivity index is 0.000000159. The highest BCUT2D eigenvalue weighted by molar-refractivity contribution is 6.34. The summed E-state index contributed by atoms with van der Waals surface area (Å²) in [5.41, 5.74) is 15.9. The minimum absolute atomic E-state index is 0.101. The Morgan fingerprint density at radius 1 is 0.387 bits per heavy atom. The average molecular weight is 1680 g/mol. The monoisotopic (exact) mass is 1680 g/mol. The highest BCUT2D eigenvalue weighted by Crippen LogP contribution is 2.57. The molecule has 0 radical (unpaired) electrons. The normalized spacial score (nSPS) is 12.9. The van der Waals surface area contributed by atoms with E-state index < -0.39 is 99.2 Å². The van der Waals surface area contributed by atoms with Gasteiger partial charge in [0.15, 0.2) is 11.6 Å². The zero-order valence-corrected chi connectivity index (χ0v) is 66.1. The van der Waals surface area contributed by atoms with Crippen LogP contribution in [0.3, 0.4) is 0 Å². The number of benzene rings is 12. The van der Waals surface area contributed by atoms with Crippen molar-refractivity contribution in [3.05, 3.63) is 383 Å². The molecule has 624 valence electrons. The van der Waals surface area contributed by atoms with Crippen molar-refractivity contribution in [1.82, 2.24) is 4.90 Å². The molecule has 4 amide bonds. The Morgan fingerprint density at radius 3 is 1.12 bits per heavy atom. The molecule has 5 N–H and O–H groups in total. The van der Waals surface area contributed by atoms with E-state index in [4.69, 9.17) is 30.5 Å². The molecule has 4 aliphatic heterocycles. The molecular formula is C96H70F6N4O18. The van der Waals surface area contributed by atoms with Crippen molar-refractivity contribution in [2.75, 3.05) is 23.4 Å². The maximum Gasteiger partial charge on any atom is 0.411 e. The van der Waals surface area contributed by atoms with Gasteiger partial charge in [0.2, 0.25) is 5.41 Å². The second kappa shape index (κ2) is 36.8. The molecule has 0 aliphatic carbocycles. The van der Waals surface area contributed by atoms with Crippen molar-refractivity contribution in [1.29, 1.82) is 0 Å². The molecule has 0 bridgehead atoms. The summed E-state index contributed by atoms with van der Waals surface area (Å²) in [6.07, 6.45) is -9.73. The fraction of sp³-hybridized carbons (Fsp3) is 0.125. The second-order valence-electron chi connectivity index (χ2n) is 28.8. The fourth-order valence-corrected chi connectivity index (χ4v) is 13.9. The van der Waals surface area contributed by atoms with E-state index in [1.165, 1.54) is 89.7 Å². The molecule has 28 heteroatoms. The molecule has 0 spiro atoms. The molecule has 0 saturated carbocycles. The Kier molecular flexibility index (Phi) is 26.0. The van der Waals surface area contributed by atoms with E-state index in [1.54, 1.807) is 48.5 Å². The van der Waals surface area contributed by atoms with Crippen LogP contribution in [0.15, 0.2) is 261 Å². The largest absolute Gasteiger partial charge is 0.478 e. The molecule has 4 heterocycles. The van der Waals surface area contributed by atoms with Gasteiger partial charge in [0.25, 0.3) is 23.6 Å². The lowest BCUT2D eigenvalue weighted by molar-refractivity contribution is -0.288. The van der Waals surface area contributed by atoms with Gasteiger partial charge in [-0.05, 0) is 198 Å². The summed E-state index contributed by atoms with van der Waals surface area (Å²) < 4.78 is 108. The topological polar surface area (TPSA) is 338 Å². The zero-order valence-electron chi connectivity index (χ0n) is 66.1. The van der Waals surface area contributed by atoms with Gasteiger partial charge in [-0.2, -0.15) is 35.9 Å². The summed E-state index contributed by atoms with van der Waals surface area (Å²) in [6, 6.07) is 69.0. The molecule has 0 unspecified atom stereocenters. The van der Waals surface area contributed by atoms with Crippen molar-refractivity contribution >= 4 is 88.3 Å². The number of Topliss-reactive ketones (excluding diaryl/α,β-unsaturated/α-hetero) is 2. The molecule has 0 atom stereocenters. The van der Waals surface area contributed by atoms with Crippen LogP contribution in [-0.4, -0.2) is 101 Å². The Labute approximate surface area is 702 Å². The first-order valence-corrected chi connectivity index (χ1v) is 37.9. The number of carbonyl (C=O) groups excluding carboxylic acids is 12. The van der Waals surface area contributed by atoms with Crippen LogP contribution >= 0.6 is 0 Å². The van der Waals surface area contributed by atoms with Crippen LogP contribution in [0, 0.1) is 13.8 Å². The average Bonchev–Trinajstić information content (AvgIpc) is 1.11. The number of amides is 4. The Morgan fingerprint density at radius 2 is 0.718 bits per heavy atom. The lowest BCUT2D eigenvalue weighted by Gasteiger charge is -2.38. The maximum atomic E-state index is 14.6. The van der Waals surface area contributed by atoms with E-state index in [0.29, 0.717) is 64.6 Å². The molecular weight excluding hydrogens is 1610 g/mol. The van der Waals surface area contributed by atoms with E-state index in [2.05, 4.69) is 33.7 Å². The van der Waals surface area contributed by atoms with Gasteiger partial charge < -0.3 is 35.5 Å². The minimum atomic E-state index is -5.98. The van der Waals surface area contributed by atoms with Crippen molar-refractivity contribution < 1.29 is 113 Å². The predicted molar refractivity (Wildman–Crippen MR) is 439 cm³/mol. The van der Waals surface area contributed by atoms with Crippen molar-refractivity contribution in [2.45, 2.75) is 70.6 Å². The number of carboxylic acid groups (broad SMARTS) is 1. The van der Waals surface area contributed by atoms with Crippen LogP contribution in [0.25, 0.3) is 0 Å². The van der Waals surface area contributed by atoms with E-state index in [1.807, 2.05) is 111 Å². The zero-order chi connectivity index (χ0) is 89.2. The van der Waals surface area contributed by atoms with Gasteiger partial charge in [-0.25, -0.2) is 28.9 Å². The number of rotatable bonds is 19. The summed E-state index contributed by atoms with van der Waals surface area (Å²) in [4.78, 5) is 152. The number of halogens is 6. The van der Waals surface area contributed by atoms with Crippen LogP contribution in [-0.2, 0) is 50.2 Å². The third-order valence-electron chi connectivity index (χ3n) is 20.4. The number of ether oxygens (including phenoxy) is 4. The number of fused-ring (bicyclic) bond motifs is 4. The first-order chi connectivity index (χ1) is 59.0. The summed E-state index contributed by atoms with van der Waals surface area (Å²) in [7, 11) is 1.43. The number of anilines is 3. The highest BCUT2D eigenvalue weighted by atomic mass is 19.4. The van der Waals surface area contributed by atoms with E-state index in [-0.39, 0.29) is 81.4 Å². The standard InChI is InChI=1S/C35H28F6O4.C31H22N2O5.C16H6O7.C13H14N2.CO2/c1-3-30(42)28-17-16-27(20-29(28)32(44)45)33(34(36,37)38,35(39,40)41)26-14-12-25(13-15-26)31(43)19-24-10-8-23(9-11-24)18-22-6-4-21(2)5-7-22;1-18-3-5-19(6-4-18)15-20-7-9-21(10-8-20)33-30(36)25-14-12-23(17-27(25)31(33)37)38-22-11-13-24-26(16-22)29(35)32(2)28(24)34;17-13-9-3-1-7(5-11(9)15(19)22-13)21-8-2-4-10-12(6-8)16(20)23-14(10)18;14-12-5-1-10(2-6-12)9-11-3-7-13(15)8-4-11;2-1-3/h4-17,20H,3,18-19H2,1-2H3,(H,44,45);3-14,16-17H,15H2,1-2H3;1-6H;1-8H,9,14-15H2;. The lowest BCUT2D eigenvalue weighted by atomic mass is 9.72. The number of carbonyl (C=O) groups is 11. The predicted octanol–water partition coefficient (Wildman–Crippen LogP) is 18.1. The van der Waals surface area contributed by atoms with Gasteiger partial charge in [-0.15, -0.1) is 0 Å². The smallest absolute Gasteiger partial charge is 0.411 e. The van der Waals surface area contributed by atoms with E-state index >= 15 is 0 Å². The molecule has 0 fully saturated rings. The number of nitrogen functional groups attached to an aromatic ring is 2. The first kappa shape index (κ1) is 87.5. The number of cyclic esters (lactones) is 4. The van der Waals surface area contributed by atoms with Crippen LogP contribution in [0.2, 0.25) is 0 Å². The number of ketones is 2. The van der Waals surface area contributed by atoms with E-state index in [0.717, 1.165) is 63.5 Å². The number of imide groups is 2. The van der Waals surface area contributed by atoms with Gasteiger partial charge in [0.05, 0.1) is 55.8 Å². The number of alkyl halides is 6. The quantitative estimate of drug-likeness (QED) is 0.0169. The number of aryl methyl sites for hydroxylation is 2. The Bertz CT molecular complexity index is 6130. The third-order valence-corrected chi connectivity index (χ3v) is 20.4. The number of nitrogens with two attached hydrogens (primary N) is 2. The molecule has 0 aromatic heterocycles. The van der Waals surface area contributed by atoms with Crippen LogP contribution in [0.1, 0.15) is 188 Å². The van der Waals surface area contributed by atoms with Gasteiger partial charge in [0.1, 0.15) is 23.0 Å². The van der Waals surface area contributed by atoms with Crippen LogP contribution < -0.4 is 25.8 Å². The van der Waals surface area contributed by atoms with Crippen LogP contribution in [0.5, 0.6) is 23.0 Å². The van der Waals surface area contributed by atoms with Gasteiger partial charge in [-0.1, -0.05) is 164 Å². The third kappa shape index (κ3) is 19.2. The van der Waals surface area contributed by atoms with Gasteiger partial charge in [0, 0.05) is 42.4 Å². The van der Waals surface area contributed by atoms with Gasteiger partial charge >= 0.3 is 48.4 Å². The highest BCUT2D eigenvalue weighted by Gasteiger charge is 2.72. The molecule has 12 aromatic rings. The molecule has 16 rings (SSSR count). The number of hydrogen-bond donors (Lipinski definition) is 3. The SMILES string of the molecule is CCC(=O)c1ccc(C(c2ccc(C(=O)Cc3ccc(Cc4ccc(C)cc4)cc3)cc2)(C(F)(F)F)C(F)(F)F)cc1C(=O)O.Cc1ccc(Cc2ccc(N3C(=O)c4ccc(Oc5ccc6c(c5)C(=O)N(C)C6=O)cc4C3=O)cc2)cc1.Nc1ccc(Cc2ccc(N)cc2)cc1.O=C1OC(=O)c2cc(Oc3ccc4c(c3)C(=O)OC4=O)ccc21.O=C=O.